The first kappa shape index (κ1) is 20.3. The van der Waals surface area contributed by atoms with Crippen molar-refractivity contribution in [2.45, 2.75) is 64.4 Å². The van der Waals surface area contributed by atoms with Gasteiger partial charge in [0.25, 0.3) is 0 Å². The van der Waals surface area contributed by atoms with Crippen LogP contribution in [-0.2, 0) is 0 Å². The van der Waals surface area contributed by atoms with E-state index >= 15 is 0 Å². The highest BCUT2D eigenvalue weighted by atomic mass is 16.3. The molecule has 1 unspecified atom stereocenters. The Hall–Kier alpha value is -1.76. The van der Waals surface area contributed by atoms with E-state index in [1.165, 1.54) is 19.3 Å². The van der Waals surface area contributed by atoms with Crippen LogP contribution in [0.2, 0.25) is 0 Å². The Morgan fingerprint density at radius 1 is 1.08 bits per heavy atom. The van der Waals surface area contributed by atoms with E-state index in [2.05, 4.69) is 24.8 Å². The fourth-order valence-corrected chi connectivity index (χ4v) is 2.15. The minimum absolute atomic E-state index is 0.241. The molecule has 3 nitrogen and oxygen atoms in total. The average Bonchev–Trinajstić information content (AvgIpc) is 3.04. The molecule has 0 aromatic carbocycles. The van der Waals surface area contributed by atoms with Gasteiger partial charge in [0.1, 0.15) is 11.9 Å². The number of allylic oxidation sites excluding steroid dienone is 2. The van der Waals surface area contributed by atoms with Gasteiger partial charge in [-0.2, -0.15) is 0 Å². The van der Waals surface area contributed by atoms with E-state index in [4.69, 9.17) is 9.52 Å². The second kappa shape index (κ2) is 13.7. The van der Waals surface area contributed by atoms with Crippen molar-refractivity contribution >= 4 is 6.08 Å². The predicted molar refractivity (Wildman–Crippen MR) is 99.5 cm³/mol. The van der Waals surface area contributed by atoms with E-state index in [-0.39, 0.29) is 6.61 Å². The number of aliphatic hydroxyl groups is 2. The molecule has 1 aromatic heterocycles. The van der Waals surface area contributed by atoms with Crippen LogP contribution >= 0.6 is 0 Å². The highest BCUT2D eigenvalue weighted by Crippen LogP contribution is 2.10. The van der Waals surface area contributed by atoms with Gasteiger partial charge in [0, 0.05) is 13.0 Å². The summed E-state index contributed by atoms with van der Waals surface area (Å²) in [6.07, 6.45) is 15.4. The molecule has 1 heterocycles. The van der Waals surface area contributed by atoms with Gasteiger partial charge in [0.15, 0.2) is 5.76 Å². The molecule has 0 spiro atoms. The maximum Gasteiger partial charge on any atom is 0.177 e. The van der Waals surface area contributed by atoms with Crippen LogP contribution in [0.5, 0.6) is 0 Å². The molecular formula is C21H30O3. The topological polar surface area (TPSA) is 53.6 Å². The largest absolute Gasteiger partial charge is 0.448 e. The van der Waals surface area contributed by atoms with Crippen molar-refractivity contribution in [3.63, 3.8) is 0 Å². The second-order valence-electron chi connectivity index (χ2n) is 5.81. The van der Waals surface area contributed by atoms with Gasteiger partial charge in [-0.25, -0.2) is 0 Å². The van der Waals surface area contributed by atoms with Crippen LogP contribution in [0.3, 0.4) is 0 Å². The maximum absolute atomic E-state index is 9.84. The van der Waals surface area contributed by atoms with Crippen molar-refractivity contribution in [3.8, 4) is 11.8 Å². The minimum atomic E-state index is -0.657. The molecule has 0 saturated carbocycles. The van der Waals surface area contributed by atoms with Gasteiger partial charge in [-0.3, -0.25) is 0 Å². The highest BCUT2D eigenvalue weighted by Gasteiger charge is 1.98. The Bertz CT molecular complexity index is 543. The molecule has 132 valence electrons. The Balaban J connectivity index is 2.32. The van der Waals surface area contributed by atoms with Crippen LogP contribution in [0.25, 0.3) is 6.08 Å². The third-order valence-corrected chi connectivity index (χ3v) is 3.55. The first-order chi connectivity index (χ1) is 11.8. The average molecular weight is 330 g/mol. The number of rotatable bonds is 11. The highest BCUT2D eigenvalue weighted by molar-refractivity contribution is 5.44. The minimum Gasteiger partial charge on any atom is -0.448 e. The molecular weight excluding hydrogens is 300 g/mol. The van der Waals surface area contributed by atoms with Crippen molar-refractivity contribution in [3.05, 3.63) is 41.9 Å². The Morgan fingerprint density at radius 2 is 1.88 bits per heavy atom. The van der Waals surface area contributed by atoms with Crippen molar-refractivity contribution < 1.29 is 14.6 Å². The van der Waals surface area contributed by atoms with Crippen molar-refractivity contribution in [2.24, 2.45) is 0 Å². The Kier molecular flexibility index (Phi) is 11.5. The second-order valence-corrected chi connectivity index (χ2v) is 5.81. The summed E-state index contributed by atoms with van der Waals surface area (Å²) in [5, 5.41) is 18.6. The quantitative estimate of drug-likeness (QED) is 0.351. The SMILES string of the molecule is CCCCCC=CCC(O)C#Cc1ccc(C=CCCCCO)o1. The lowest BCUT2D eigenvalue weighted by Crippen LogP contribution is -1.99. The van der Waals surface area contributed by atoms with E-state index < -0.39 is 6.10 Å². The molecule has 0 fully saturated rings. The van der Waals surface area contributed by atoms with Gasteiger partial charge in [0.05, 0.1) is 0 Å². The van der Waals surface area contributed by atoms with Crippen LogP contribution in [0.1, 0.15) is 69.8 Å². The number of aliphatic hydroxyl groups excluding tert-OH is 2. The lowest BCUT2D eigenvalue weighted by atomic mass is 10.1. The van der Waals surface area contributed by atoms with E-state index in [0.29, 0.717) is 12.2 Å². The molecule has 0 bridgehead atoms. The van der Waals surface area contributed by atoms with Crippen LogP contribution in [0.15, 0.2) is 34.8 Å². The zero-order chi connectivity index (χ0) is 17.5. The van der Waals surface area contributed by atoms with Gasteiger partial charge in [0.2, 0.25) is 0 Å². The summed E-state index contributed by atoms with van der Waals surface area (Å²) in [7, 11) is 0. The third-order valence-electron chi connectivity index (χ3n) is 3.55. The third kappa shape index (κ3) is 10.1. The molecule has 2 N–H and O–H groups in total. The molecule has 0 aliphatic carbocycles. The van der Waals surface area contributed by atoms with Crippen LogP contribution in [0.4, 0.5) is 0 Å². The lowest BCUT2D eigenvalue weighted by Gasteiger charge is -1.97. The number of unbranched alkanes of at least 4 members (excludes halogenated alkanes) is 5. The monoisotopic (exact) mass is 330 g/mol. The standard InChI is InChI=1S/C21H30O3/c1-2-3-4-5-6-9-12-19(23)14-15-21-17-16-20(24-21)13-10-7-8-11-18-22/h6,9-10,13,16-17,19,22-23H,2-5,7-8,11-12,18H2,1H3. The summed E-state index contributed by atoms with van der Waals surface area (Å²) >= 11 is 0. The van der Waals surface area contributed by atoms with E-state index in [1.54, 1.807) is 0 Å². The summed E-state index contributed by atoms with van der Waals surface area (Å²) in [4.78, 5) is 0. The molecule has 1 atom stereocenters. The van der Waals surface area contributed by atoms with E-state index in [1.807, 2.05) is 30.4 Å². The van der Waals surface area contributed by atoms with Gasteiger partial charge in [-0.05, 0) is 56.2 Å². The molecule has 0 radical (unpaired) electrons. The maximum atomic E-state index is 9.84. The van der Waals surface area contributed by atoms with Gasteiger partial charge < -0.3 is 14.6 Å². The van der Waals surface area contributed by atoms with Crippen molar-refractivity contribution in [1.29, 1.82) is 0 Å². The predicted octanol–water partition coefficient (Wildman–Crippen LogP) is 4.69. The first-order valence-corrected chi connectivity index (χ1v) is 8.98. The van der Waals surface area contributed by atoms with E-state index in [9.17, 15) is 5.11 Å². The number of hydrogen-bond acceptors (Lipinski definition) is 3. The van der Waals surface area contributed by atoms with Crippen molar-refractivity contribution in [1.82, 2.24) is 0 Å². The number of hydrogen-bond donors (Lipinski definition) is 2. The fourth-order valence-electron chi connectivity index (χ4n) is 2.15. The van der Waals surface area contributed by atoms with Gasteiger partial charge >= 0.3 is 0 Å². The molecule has 1 aromatic rings. The summed E-state index contributed by atoms with van der Waals surface area (Å²) < 4.78 is 5.57. The summed E-state index contributed by atoms with van der Waals surface area (Å²) in [5.41, 5.74) is 0. The van der Waals surface area contributed by atoms with E-state index in [0.717, 1.165) is 31.4 Å². The molecule has 24 heavy (non-hydrogen) atoms. The zero-order valence-electron chi connectivity index (χ0n) is 14.7. The normalized spacial score (nSPS) is 12.6. The summed E-state index contributed by atoms with van der Waals surface area (Å²) in [6.45, 7) is 2.43. The molecule has 0 aliphatic rings. The smallest absolute Gasteiger partial charge is 0.177 e. The molecule has 1 rings (SSSR count). The number of furan rings is 1. The molecule has 0 amide bonds. The fraction of sp³-hybridized carbons (Fsp3) is 0.524. The summed E-state index contributed by atoms with van der Waals surface area (Å²) in [6, 6.07) is 3.68. The first-order valence-electron chi connectivity index (χ1n) is 8.98. The van der Waals surface area contributed by atoms with Gasteiger partial charge in [-0.1, -0.05) is 43.9 Å². The Labute approximate surface area is 146 Å². The van der Waals surface area contributed by atoms with Gasteiger partial charge in [-0.15, -0.1) is 0 Å². The zero-order valence-corrected chi connectivity index (χ0v) is 14.7. The van der Waals surface area contributed by atoms with Crippen LogP contribution in [0, 0.1) is 11.8 Å². The van der Waals surface area contributed by atoms with Crippen molar-refractivity contribution in [2.75, 3.05) is 6.61 Å². The lowest BCUT2D eigenvalue weighted by molar-refractivity contribution is 0.236. The molecule has 3 heteroatoms. The Morgan fingerprint density at radius 3 is 2.67 bits per heavy atom. The molecule has 0 saturated heterocycles. The molecule has 0 aliphatic heterocycles. The van der Waals surface area contributed by atoms with Crippen LogP contribution in [-0.4, -0.2) is 22.9 Å². The summed E-state index contributed by atoms with van der Waals surface area (Å²) in [5.74, 6) is 7.00. The van der Waals surface area contributed by atoms with Crippen LogP contribution < -0.4 is 0 Å².